The molecule has 100 valence electrons. The van der Waals surface area contributed by atoms with E-state index in [0.717, 1.165) is 12.8 Å². The highest BCUT2D eigenvalue weighted by atomic mass is 32.2. The minimum atomic E-state index is -3.55. The zero-order valence-electron chi connectivity index (χ0n) is 10.1. The van der Waals surface area contributed by atoms with E-state index in [-0.39, 0.29) is 23.4 Å². The van der Waals surface area contributed by atoms with Crippen LogP contribution in [0.4, 0.5) is 0 Å². The number of carbonyl (C=O) groups excluding carboxylic acids is 1. The fourth-order valence-corrected chi connectivity index (χ4v) is 2.71. The first-order valence-corrected chi connectivity index (χ1v) is 7.24. The third kappa shape index (κ3) is 3.08. The average molecular weight is 272 g/mol. The number of rotatable bonds is 6. The van der Waals surface area contributed by atoms with Crippen molar-refractivity contribution < 1.29 is 13.2 Å². The second-order valence-corrected chi connectivity index (χ2v) is 5.97. The van der Waals surface area contributed by atoms with Crippen LogP contribution in [-0.2, 0) is 21.9 Å². The molecule has 0 spiro atoms. The first-order chi connectivity index (χ1) is 8.50. The highest BCUT2D eigenvalue weighted by Gasteiger charge is 2.29. The van der Waals surface area contributed by atoms with Crippen LogP contribution < -0.4 is 10.0 Å². The molecule has 1 fully saturated rings. The molecule has 7 nitrogen and oxygen atoms in total. The van der Waals surface area contributed by atoms with Crippen molar-refractivity contribution in [2.45, 2.75) is 17.9 Å². The highest BCUT2D eigenvalue weighted by molar-refractivity contribution is 7.89. The zero-order chi connectivity index (χ0) is 13.2. The summed E-state index contributed by atoms with van der Waals surface area (Å²) in [5.74, 6) is 0.147. The van der Waals surface area contributed by atoms with Crippen LogP contribution in [0.2, 0.25) is 0 Å². The average Bonchev–Trinajstić information content (AvgIpc) is 3.07. The van der Waals surface area contributed by atoms with Crippen molar-refractivity contribution in [2.75, 3.05) is 13.1 Å². The second-order valence-electron chi connectivity index (χ2n) is 4.26. The number of aryl methyl sites for hydroxylation is 1. The molecule has 0 atom stereocenters. The predicted molar refractivity (Wildman–Crippen MR) is 64.1 cm³/mol. The molecule has 1 saturated carbocycles. The molecule has 0 aliphatic heterocycles. The molecule has 8 heteroatoms. The summed E-state index contributed by atoms with van der Waals surface area (Å²) in [4.78, 5) is 11.3. The Hall–Kier alpha value is -1.41. The van der Waals surface area contributed by atoms with E-state index in [1.54, 1.807) is 7.05 Å². The van der Waals surface area contributed by atoms with Gasteiger partial charge in [0.1, 0.15) is 0 Å². The fourth-order valence-electron chi connectivity index (χ4n) is 1.56. The smallest absolute Gasteiger partial charge is 0.257 e. The van der Waals surface area contributed by atoms with Crippen LogP contribution in [0.5, 0.6) is 0 Å². The van der Waals surface area contributed by atoms with Crippen LogP contribution in [0.25, 0.3) is 0 Å². The molecule has 1 aliphatic carbocycles. The first-order valence-electron chi connectivity index (χ1n) is 5.76. The SMILES string of the molecule is Cn1nccc1S(=O)(=O)NCCNC(=O)C1CC1. The molecular formula is C10H16N4O3S. The first kappa shape index (κ1) is 13.0. The van der Waals surface area contributed by atoms with Gasteiger partial charge in [-0.3, -0.25) is 9.48 Å². The molecule has 18 heavy (non-hydrogen) atoms. The third-order valence-electron chi connectivity index (χ3n) is 2.72. The van der Waals surface area contributed by atoms with Crippen molar-refractivity contribution in [3.8, 4) is 0 Å². The Balaban J connectivity index is 1.79. The van der Waals surface area contributed by atoms with E-state index in [0.29, 0.717) is 6.54 Å². The zero-order valence-corrected chi connectivity index (χ0v) is 10.9. The number of amides is 1. The minimum absolute atomic E-state index is 0.00901. The standard InChI is InChI=1S/C10H16N4O3S/c1-14-9(4-5-12-14)18(16,17)13-7-6-11-10(15)8-2-3-8/h4-5,8,13H,2-3,6-7H2,1H3,(H,11,15). The van der Waals surface area contributed by atoms with Gasteiger partial charge in [0.15, 0.2) is 5.03 Å². The molecule has 0 unspecified atom stereocenters. The Morgan fingerprint density at radius 2 is 2.22 bits per heavy atom. The maximum Gasteiger partial charge on any atom is 0.257 e. The number of carbonyl (C=O) groups is 1. The quantitative estimate of drug-likeness (QED) is 0.665. The van der Waals surface area contributed by atoms with Crippen molar-refractivity contribution in [2.24, 2.45) is 13.0 Å². The van der Waals surface area contributed by atoms with Gasteiger partial charge in [-0.1, -0.05) is 0 Å². The van der Waals surface area contributed by atoms with Gasteiger partial charge >= 0.3 is 0 Å². The van der Waals surface area contributed by atoms with Crippen LogP contribution in [0.3, 0.4) is 0 Å². The molecule has 1 aromatic heterocycles. The van der Waals surface area contributed by atoms with Gasteiger partial charge in [-0.25, -0.2) is 13.1 Å². The van der Waals surface area contributed by atoms with Crippen molar-refractivity contribution in [1.82, 2.24) is 19.8 Å². The van der Waals surface area contributed by atoms with Crippen molar-refractivity contribution in [3.05, 3.63) is 12.3 Å². The summed E-state index contributed by atoms with van der Waals surface area (Å²) >= 11 is 0. The van der Waals surface area contributed by atoms with Gasteiger partial charge in [0.25, 0.3) is 10.0 Å². The Morgan fingerprint density at radius 1 is 1.50 bits per heavy atom. The van der Waals surface area contributed by atoms with E-state index >= 15 is 0 Å². The number of nitrogens with one attached hydrogen (secondary N) is 2. The number of sulfonamides is 1. The molecular weight excluding hydrogens is 256 g/mol. The van der Waals surface area contributed by atoms with Gasteiger partial charge in [0.2, 0.25) is 5.91 Å². The third-order valence-corrected chi connectivity index (χ3v) is 4.25. The van der Waals surface area contributed by atoms with E-state index < -0.39 is 10.0 Å². The summed E-state index contributed by atoms with van der Waals surface area (Å²) in [6.07, 6.45) is 3.29. The van der Waals surface area contributed by atoms with Crippen LogP contribution >= 0.6 is 0 Å². The molecule has 0 saturated heterocycles. The summed E-state index contributed by atoms with van der Waals surface area (Å²) in [5, 5.41) is 6.59. The maximum atomic E-state index is 11.8. The summed E-state index contributed by atoms with van der Waals surface area (Å²) in [6, 6.07) is 1.42. The summed E-state index contributed by atoms with van der Waals surface area (Å²) in [5.41, 5.74) is 0. The maximum absolute atomic E-state index is 11.8. The summed E-state index contributed by atoms with van der Waals surface area (Å²) < 4.78 is 27.3. The van der Waals surface area contributed by atoms with Crippen LogP contribution in [-0.4, -0.2) is 37.2 Å². The Labute approximate surface area is 106 Å². The van der Waals surface area contributed by atoms with E-state index in [4.69, 9.17) is 0 Å². The van der Waals surface area contributed by atoms with Crippen LogP contribution in [0, 0.1) is 5.92 Å². The fraction of sp³-hybridized carbons (Fsp3) is 0.600. The summed E-state index contributed by atoms with van der Waals surface area (Å²) in [7, 11) is -1.99. The normalized spacial score (nSPS) is 15.6. The van der Waals surface area contributed by atoms with Gasteiger partial charge in [0.05, 0.1) is 6.20 Å². The number of nitrogens with zero attached hydrogens (tertiary/aromatic N) is 2. The highest BCUT2D eigenvalue weighted by Crippen LogP contribution is 2.28. The predicted octanol–water partition coefficient (Wildman–Crippen LogP) is -0.775. The van der Waals surface area contributed by atoms with Gasteiger partial charge in [-0.05, 0) is 18.9 Å². The Kier molecular flexibility index (Phi) is 3.67. The number of hydrogen-bond acceptors (Lipinski definition) is 4. The van der Waals surface area contributed by atoms with Gasteiger partial charge in [-0.15, -0.1) is 0 Å². The Morgan fingerprint density at radius 3 is 2.78 bits per heavy atom. The molecule has 1 heterocycles. The van der Waals surface area contributed by atoms with Crippen LogP contribution in [0.1, 0.15) is 12.8 Å². The molecule has 1 aromatic rings. The number of hydrogen-bond donors (Lipinski definition) is 2. The lowest BCUT2D eigenvalue weighted by molar-refractivity contribution is -0.122. The molecule has 1 amide bonds. The molecule has 2 rings (SSSR count). The van der Waals surface area contributed by atoms with E-state index in [1.807, 2.05) is 0 Å². The molecule has 0 bridgehead atoms. The summed E-state index contributed by atoms with van der Waals surface area (Å²) in [6.45, 7) is 0.471. The molecule has 0 aromatic carbocycles. The van der Waals surface area contributed by atoms with Gasteiger partial charge in [0, 0.05) is 26.1 Å². The lowest BCUT2D eigenvalue weighted by Crippen LogP contribution is -2.35. The van der Waals surface area contributed by atoms with E-state index in [2.05, 4.69) is 15.1 Å². The van der Waals surface area contributed by atoms with Gasteiger partial charge in [-0.2, -0.15) is 5.10 Å². The molecule has 1 aliphatic rings. The molecule has 0 radical (unpaired) electrons. The van der Waals surface area contributed by atoms with Crippen LogP contribution in [0.15, 0.2) is 17.3 Å². The second kappa shape index (κ2) is 5.07. The van der Waals surface area contributed by atoms with Gasteiger partial charge < -0.3 is 5.32 Å². The minimum Gasteiger partial charge on any atom is -0.355 e. The van der Waals surface area contributed by atoms with E-state index in [9.17, 15) is 13.2 Å². The van der Waals surface area contributed by atoms with E-state index in [1.165, 1.54) is 16.9 Å². The van der Waals surface area contributed by atoms with Crippen molar-refractivity contribution >= 4 is 15.9 Å². The van der Waals surface area contributed by atoms with Crippen molar-refractivity contribution in [1.29, 1.82) is 0 Å². The number of aromatic nitrogens is 2. The van der Waals surface area contributed by atoms with Crippen molar-refractivity contribution in [3.63, 3.8) is 0 Å². The lowest BCUT2D eigenvalue weighted by atomic mass is 10.4. The topological polar surface area (TPSA) is 93.1 Å². The molecule has 2 N–H and O–H groups in total. The lowest BCUT2D eigenvalue weighted by Gasteiger charge is -2.07. The largest absolute Gasteiger partial charge is 0.355 e. The Bertz CT molecular complexity index is 533. The monoisotopic (exact) mass is 272 g/mol.